The number of hydrogen-bond donors (Lipinski definition) is 0. The number of halogens is 3. The minimum atomic E-state index is -3.02. The van der Waals surface area contributed by atoms with Crippen LogP contribution in [0, 0.1) is 5.82 Å². The molecule has 6 rings (SSSR count). The van der Waals surface area contributed by atoms with E-state index in [-0.39, 0.29) is 17.7 Å². The number of alkyl halides is 2. The Morgan fingerprint density at radius 3 is 2.73 bits per heavy atom. The Labute approximate surface area is 186 Å². The second-order valence-corrected chi connectivity index (χ2v) is 8.21. The van der Waals surface area contributed by atoms with Gasteiger partial charge in [-0.05, 0) is 35.9 Å². The van der Waals surface area contributed by atoms with Crippen molar-refractivity contribution in [3.63, 3.8) is 0 Å². The zero-order chi connectivity index (χ0) is 22.9. The van der Waals surface area contributed by atoms with Gasteiger partial charge in [0, 0.05) is 36.4 Å². The number of aromatic nitrogens is 3. The molecule has 2 aliphatic heterocycles. The largest absolute Gasteiger partial charge is 0.434 e. The van der Waals surface area contributed by atoms with E-state index in [2.05, 4.69) is 4.98 Å². The fourth-order valence-corrected chi connectivity index (χ4v) is 5.03. The standard InChI is InChI=1S/C24H17F3N4O2/c1-30-19-9-18(21-15(23(30)32)3-2-4-20(21)33-24(26)27)31-17-8-12(5-6-16(17)29-22(19)31)13-7-14(25)11-28-10-13/h2-8,10-11,18-19,24H,9H2,1H3. The summed E-state index contributed by atoms with van der Waals surface area (Å²) in [7, 11) is 1.69. The van der Waals surface area contributed by atoms with Gasteiger partial charge >= 0.3 is 6.61 Å². The molecule has 4 heterocycles. The summed E-state index contributed by atoms with van der Waals surface area (Å²) < 4.78 is 46.9. The van der Waals surface area contributed by atoms with Crippen molar-refractivity contribution in [2.45, 2.75) is 25.1 Å². The zero-order valence-electron chi connectivity index (χ0n) is 17.4. The average Bonchev–Trinajstić information content (AvgIpc) is 3.31. The molecular weight excluding hydrogens is 433 g/mol. The molecule has 2 aromatic heterocycles. The molecule has 2 unspecified atom stereocenters. The first-order valence-electron chi connectivity index (χ1n) is 10.4. The number of benzene rings is 2. The van der Waals surface area contributed by atoms with Crippen molar-refractivity contribution >= 4 is 16.9 Å². The third-order valence-electron chi connectivity index (χ3n) is 6.44. The van der Waals surface area contributed by atoms with E-state index in [1.165, 1.54) is 12.1 Å². The molecule has 1 amide bonds. The van der Waals surface area contributed by atoms with Gasteiger partial charge in [0.15, 0.2) is 0 Å². The third kappa shape index (κ3) is 2.92. The maximum absolute atomic E-state index is 13.7. The van der Waals surface area contributed by atoms with Gasteiger partial charge in [0.2, 0.25) is 0 Å². The van der Waals surface area contributed by atoms with Crippen LogP contribution in [0.25, 0.3) is 22.2 Å². The van der Waals surface area contributed by atoms with Crippen molar-refractivity contribution in [3.8, 4) is 16.9 Å². The molecule has 166 valence electrons. The highest BCUT2D eigenvalue weighted by atomic mass is 19.3. The molecule has 2 aromatic carbocycles. The summed E-state index contributed by atoms with van der Waals surface area (Å²) >= 11 is 0. The number of amides is 1. The number of rotatable bonds is 3. The van der Waals surface area contributed by atoms with E-state index in [1.54, 1.807) is 30.3 Å². The number of hydrogen-bond acceptors (Lipinski definition) is 4. The smallest absolute Gasteiger partial charge is 0.387 e. The quantitative estimate of drug-likeness (QED) is 0.443. The third-order valence-corrected chi connectivity index (χ3v) is 6.44. The van der Waals surface area contributed by atoms with E-state index in [9.17, 15) is 18.0 Å². The first-order valence-corrected chi connectivity index (χ1v) is 10.4. The Hall–Kier alpha value is -3.88. The predicted molar refractivity (Wildman–Crippen MR) is 114 cm³/mol. The lowest BCUT2D eigenvalue weighted by Crippen LogP contribution is -2.30. The molecule has 0 saturated heterocycles. The Kier molecular flexibility index (Phi) is 4.23. The van der Waals surface area contributed by atoms with E-state index in [4.69, 9.17) is 9.72 Å². The fraction of sp³-hybridized carbons (Fsp3) is 0.208. The number of fused-ring (bicyclic) bond motifs is 9. The Bertz CT molecular complexity index is 1430. The van der Waals surface area contributed by atoms with Gasteiger partial charge in [0.25, 0.3) is 5.91 Å². The van der Waals surface area contributed by atoms with Crippen LogP contribution >= 0.6 is 0 Å². The van der Waals surface area contributed by atoms with Crippen LogP contribution < -0.4 is 4.74 Å². The van der Waals surface area contributed by atoms with E-state index >= 15 is 0 Å². The lowest BCUT2D eigenvalue weighted by atomic mass is 9.97. The molecule has 2 atom stereocenters. The van der Waals surface area contributed by atoms with Crippen LogP contribution in [0.1, 0.15) is 40.3 Å². The van der Waals surface area contributed by atoms with Crippen LogP contribution in [0.15, 0.2) is 54.9 Å². The highest BCUT2D eigenvalue weighted by molar-refractivity contribution is 5.98. The van der Waals surface area contributed by atoms with Gasteiger partial charge in [0.05, 0.1) is 29.3 Å². The summed E-state index contributed by atoms with van der Waals surface area (Å²) in [6.07, 6.45) is 3.20. The Morgan fingerprint density at radius 1 is 1.09 bits per heavy atom. The first-order chi connectivity index (χ1) is 15.9. The van der Waals surface area contributed by atoms with Gasteiger partial charge in [-0.2, -0.15) is 8.78 Å². The summed E-state index contributed by atoms with van der Waals surface area (Å²) in [5.41, 5.74) is 3.58. The van der Waals surface area contributed by atoms with Crippen LogP contribution in [0.2, 0.25) is 0 Å². The van der Waals surface area contributed by atoms with Gasteiger partial charge in [0.1, 0.15) is 17.4 Å². The van der Waals surface area contributed by atoms with Gasteiger partial charge in [-0.15, -0.1) is 0 Å². The second kappa shape index (κ2) is 7.06. The SMILES string of the molecule is CN1C(=O)c2cccc(OC(F)F)c2C2CC1c1nc3ccc(-c4cncc(F)c4)cc3n12. The Balaban J connectivity index is 1.60. The summed E-state index contributed by atoms with van der Waals surface area (Å²) in [6.45, 7) is -3.02. The highest BCUT2D eigenvalue weighted by Gasteiger charge is 2.45. The monoisotopic (exact) mass is 450 g/mol. The molecule has 0 radical (unpaired) electrons. The minimum Gasteiger partial charge on any atom is -0.434 e. The number of carbonyl (C=O) groups excluding carboxylic acids is 1. The molecule has 2 bridgehead atoms. The van der Waals surface area contributed by atoms with Crippen LogP contribution in [-0.2, 0) is 0 Å². The molecule has 6 nitrogen and oxygen atoms in total. The van der Waals surface area contributed by atoms with Crippen LogP contribution in [-0.4, -0.2) is 39.0 Å². The highest BCUT2D eigenvalue weighted by Crippen LogP contribution is 2.50. The zero-order valence-corrected chi connectivity index (χ0v) is 17.4. The number of imidazole rings is 1. The van der Waals surface area contributed by atoms with E-state index in [0.717, 1.165) is 17.3 Å². The van der Waals surface area contributed by atoms with Crippen LogP contribution in [0.3, 0.4) is 0 Å². The molecule has 33 heavy (non-hydrogen) atoms. The summed E-state index contributed by atoms with van der Waals surface area (Å²) in [5.74, 6) is -0.0451. The van der Waals surface area contributed by atoms with Gasteiger partial charge in [-0.1, -0.05) is 12.1 Å². The number of pyridine rings is 1. The van der Waals surface area contributed by atoms with E-state index in [0.29, 0.717) is 34.5 Å². The maximum Gasteiger partial charge on any atom is 0.387 e. The second-order valence-electron chi connectivity index (χ2n) is 8.21. The molecule has 0 saturated carbocycles. The molecule has 9 heteroatoms. The molecule has 0 fully saturated rings. The van der Waals surface area contributed by atoms with Gasteiger partial charge < -0.3 is 14.2 Å². The van der Waals surface area contributed by atoms with Crippen molar-refractivity contribution in [1.29, 1.82) is 0 Å². The van der Waals surface area contributed by atoms with Crippen LogP contribution in [0.5, 0.6) is 5.75 Å². The molecule has 2 aliphatic rings. The van der Waals surface area contributed by atoms with E-state index in [1.807, 2.05) is 22.8 Å². The number of ether oxygens (including phenoxy) is 1. The van der Waals surface area contributed by atoms with Gasteiger partial charge in [-0.3, -0.25) is 9.78 Å². The Morgan fingerprint density at radius 2 is 1.94 bits per heavy atom. The molecular formula is C24H17F3N4O2. The molecule has 0 N–H and O–H groups in total. The normalized spacial score (nSPS) is 19.1. The summed E-state index contributed by atoms with van der Waals surface area (Å²) in [5, 5.41) is 0. The van der Waals surface area contributed by atoms with Gasteiger partial charge in [-0.25, -0.2) is 9.37 Å². The van der Waals surface area contributed by atoms with Crippen molar-refractivity contribution in [2.24, 2.45) is 0 Å². The lowest BCUT2D eigenvalue weighted by Gasteiger charge is -2.24. The van der Waals surface area contributed by atoms with Crippen molar-refractivity contribution in [2.75, 3.05) is 7.05 Å². The maximum atomic E-state index is 13.7. The number of carbonyl (C=O) groups is 1. The summed E-state index contributed by atoms with van der Waals surface area (Å²) in [6, 6.07) is 10.8. The first kappa shape index (κ1) is 19.8. The van der Waals surface area contributed by atoms with Crippen molar-refractivity contribution < 1.29 is 22.7 Å². The fourth-order valence-electron chi connectivity index (χ4n) is 5.03. The molecule has 0 aliphatic carbocycles. The topological polar surface area (TPSA) is 60.3 Å². The van der Waals surface area contributed by atoms with E-state index < -0.39 is 18.5 Å². The molecule has 0 spiro atoms. The van der Waals surface area contributed by atoms with Crippen molar-refractivity contribution in [1.82, 2.24) is 19.4 Å². The van der Waals surface area contributed by atoms with Crippen molar-refractivity contribution in [3.05, 3.63) is 77.6 Å². The lowest BCUT2D eigenvalue weighted by molar-refractivity contribution is -0.0507. The summed E-state index contributed by atoms with van der Waals surface area (Å²) in [4.78, 5) is 23.5. The predicted octanol–water partition coefficient (Wildman–Crippen LogP) is 4.96. The molecule has 4 aromatic rings. The number of nitrogens with zero attached hydrogens (tertiary/aromatic N) is 4. The minimum absolute atomic E-state index is 0.0184. The van der Waals surface area contributed by atoms with Crippen LogP contribution in [0.4, 0.5) is 13.2 Å². The average molecular weight is 450 g/mol.